The highest BCUT2D eigenvalue weighted by molar-refractivity contribution is 5.84. The van der Waals surface area contributed by atoms with Gasteiger partial charge in [-0.1, -0.05) is 24.3 Å². The van der Waals surface area contributed by atoms with Crippen molar-refractivity contribution in [3.8, 4) is 5.75 Å². The predicted molar refractivity (Wildman–Crippen MR) is 63.0 cm³/mol. The molecular weight excluding hydrogens is 186 g/mol. The largest absolute Gasteiger partial charge is 0.508 e. The third-order valence-electron chi connectivity index (χ3n) is 2.45. The van der Waals surface area contributed by atoms with Crippen LogP contribution in [0.15, 0.2) is 36.4 Å². The van der Waals surface area contributed by atoms with Gasteiger partial charge in [-0.25, -0.2) is 0 Å². The van der Waals surface area contributed by atoms with E-state index in [2.05, 4.69) is 18.2 Å². The van der Waals surface area contributed by atoms with Crippen LogP contribution in [0.3, 0.4) is 0 Å². The van der Waals surface area contributed by atoms with E-state index in [0.29, 0.717) is 5.75 Å². The summed E-state index contributed by atoms with van der Waals surface area (Å²) in [5, 5.41) is 11.6. The molecular formula is C13H15NO. The molecule has 0 heterocycles. The molecule has 15 heavy (non-hydrogen) atoms. The van der Waals surface area contributed by atoms with Crippen molar-refractivity contribution in [2.24, 2.45) is 5.73 Å². The Labute approximate surface area is 89.3 Å². The van der Waals surface area contributed by atoms with Crippen LogP contribution < -0.4 is 5.73 Å². The second kappa shape index (κ2) is 3.91. The number of hydrogen-bond donors (Lipinski definition) is 2. The summed E-state index contributed by atoms with van der Waals surface area (Å²) < 4.78 is 0. The molecule has 0 spiro atoms. The molecule has 2 aromatic carbocycles. The van der Waals surface area contributed by atoms with Crippen LogP contribution in [-0.4, -0.2) is 11.1 Å². The van der Waals surface area contributed by atoms with E-state index in [4.69, 9.17) is 5.73 Å². The van der Waals surface area contributed by atoms with Gasteiger partial charge in [-0.15, -0.1) is 0 Å². The lowest BCUT2D eigenvalue weighted by molar-refractivity contribution is 0.476. The van der Waals surface area contributed by atoms with Gasteiger partial charge in [-0.3, -0.25) is 0 Å². The molecule has 0 bridgehead atoms. The molecule has 0 radical (unpaired) electrons. The van der Waals surface area contributed by atoms with Crippen LogP contribution in [0.25, 0.3) is 10.8 Å². The van der Waals surface area contributed by atoms with Crippen LogP contribution in [0.1, 0.15) is 12.5 Å². The molecule has 1 unspecified atom stereocenters. The summed E-state index contributed by atoms with van der Waals surface area (Å²) in [4.78, 5) is 0. The Kier molecular flexibility index (Phi) is 2.60. The number of benzene rings is 2. The zero-order valence-corrected chi connectivity index (χ0v) is 8.77. The van der Waals surface area contributed by atoms with Gasteiger partial charge in [0.05, 0.1) is 0 Å². The van der Waals surface area contributed by atoms with Gasteiger partial charge in [0.1, 0.15) is 5.75 Å². The highest BCUT2D eigenvalue weighted by atomic mass is 16.3. The minimum Gasteiger partial charge on any atom is -0.508 e. The SMILES string of the molecule is CC(N)Cc1ccc2ccc(O)cc2c1. The normalized spacial score (nSPS) is 12.9. The molecule has 0 aliphatic heterocycles. The van der Waals surface area contributed by atoms with E-state index >= 15 is 0 Å². The van der Waals surface area contributed by atoms with Crippen molar-refractivity contribution in [3.63, 3.8) is 0 Å². The summed E-state index contributed by atoms with van der Waals surface area (Å²) in [5.41, 5.74) is 6.96. The fraction of sp³-hybridized carbons (Fsp3) is 0.231. The maximum Gasteiger partial charge on any atom is 0.116 e. The second-order valence-electron chi connectivity index (χ2n) is 4.05. The summed E-state index contributed by atoms with van der Waals surface area (Å²) in [6, 6.07) is 11.8. The average molecular weight is 201 g/mol. The lowest BCUT2D eigenvalue weighted by Gasteiger charge is -2.06. The number of fused-ring (bicyclic) bond motifs is 1. The third-order valence-corrected chi connectivity index (χ3v) is 2.45. The number of aromatic hydroxyl groups is 1. The fourth-order valence-electron chi connectivity index (χ4n) is 1.78. The van der Waals surface area contributed by atoms with Crippen LogP contribution in [0, 0.1) is 0 Å². The number of phenols is 1. The average Bonchev–Trinajstić information content (AvgIpc) is 2.16. The minimum atomic E-state index is 0.166. The van der Waals surface area contributed by atoms with Gasteiger partial charge in [0, 0.05) is 6.04 Å². The van der Waals surface area contributed by atoms with Gasteiger partial charge in [-0.05, 0) is 41.8 Å². The molecule has 2 aromatic rings. The summed E-state index contributed by atoms with van der Waals surface area (Å²) in [6.45, 7) is 1.99. The maximum absolute atomic E-state index is 9.38. The van der Waals surface area contributed by atoms with Crippen molar-refractivity contribution < 1.29 is 5.11 Å². The Morgan fingerprint density at radius 3 is 2.60 bits per heavy atom. The summed E-state index contributed by atoms with van der Waals surface area (Å²) >= 11 is 0. The smallest absolute Gasteiger partial charge is 0.116 e. The van der Waals surface area contributed by atoms with E-state index in [-0.39, 0.29) is 6.04 Å². The molecule has 0 saturated carbocycles. The monoisotopic (exact) mass is 201 g/mol. The zero-order valence-electron chi connectivity index (χ0n) is 8.77. The molecule has 0 fully saturated rings. The molecule has 1 atom stereocenters. The number of rotatable bonds is 2. The quantitative estimate of drug-likeness (QED) is 0.783. The molecule has 0 amide bonds. The molecule has 2 nitrogen and oxygen atoms in total. The van der Waals surface area contributed by atoms with Crippen LogP contribution in [0.5, 0.6) is 5.75 Å². The highest BCUT2D eigenvalue weighted by Crippen LogP contribution is 2.21. The topological polar surface area (TPSA) is 46.2 Å². The fourth-order valence-corrected chi connectivity index (χ4v) is 1.78. The van der Waals surface area contributed by atoms with Crippen molar-refractivity contribution >= 4 is 10.8 Å². The first-order valence-corrected chi connectivity index (χ1v) is 5.12. The second-order valence-corrected chi connectivity index (χ2v) is 4.05. The molecule has 2 rings (SSSR count). The molecule has 0 aromatic heterocycles. The van der Waals surface area contributed by atoms with Gasteiger partial charge in [0.25, 0.3) is 0 Å². The van der Waals surface area contributed by atoms with Crippen molar-refractivity contribution in [2.45, 2.75) is 19.4 Å². The lowest BCUT2D eigenvalue weighted by atomic mass is 10.0. The van der Waals surface area contributed by atoms with Crippen LogP contribution >= 0.6 is 0 Å². The molecule has 0 saturated heterocycles. The summed E-state index contributed by atoms with van der Waals surface area (Å²) in [7, 11) is 0. The van der Waals surface area contributed by atoms with Gasteiger partial charge in [0.15, 0.2) is 0 Å². The molecule has 2 heteroatoms. The van der Waals surface area contributed by atoms with Crippen LogP contribution in [-0.2, 0) is 6.42 Å². The lowest BCUT2D eigenvalue weighted by Crippen LogP contribution is -2.17. The van der Waals surface area contributed by atoms with Gasteiger partial charge in [-0.2, -0.15) is 0 Å². The van der Waals surface area contributed by atoms with Crippen molar-refractivity contribution in [1.82, 2.24) is 0 Å². The zero-order chi connectivity index (χ0) is 10.8. The van der Waals surface area contributed by atoms with Crippen LogP contribution in [0.4, 0.5) is 0 Å². The van der Waals surface area contributed by atoms with E-state index in [9.17, 15) is 5.11 Å². The van der Waals surface area contributed by atoms with Crippen LogP contribution in [0.2, 0.25) is 0 Å². The van der Waals surface area contributed by atoms with Gasteiger partial charge in [0.2, 0.25) is 0 Å². The first kappa shape index (κ1) is 9.99. The predicted octanol–water partition coefficient (Wildman–Crippen LogP) is 2.44. The maximum atomic E-state index is 9.38. The van der Waals surface area contributed by atoms with E-state index in [1.54, 1.807) is 12.1 Å². The van der Waals surface area contributed by atoms with Crippen molar-refractivity contribution in [3.05, 3.63) is 42.0 Å². The Morgan fingerprint density at radius 2 is 1.87 bits per heavy atom. The Bertz CT molecular complexity index is 477. The third kappa shape index (κ3) is 2.28. The first-order valence-electron chi connectivity index (χ1n) is 5.12. The molecule has 78 valence electrons. The standard InChI is InChI=1S/C13H15NO/c1-9(14)6-10-2-3-11-4-5-13(15)8-12(11)7-10/h2-5,7-9,15H,6,14H2,1H3. The summed E-state index contributed by atoms with van der Waals surface area (Å²) in [6.07, 6.45) is 0.867. The van der Waals surface area contributed by atoms with E-state index in [1.165, 1.54) is 5.56 Å². The van der Waals surface area contributed by atoms with Crippen molar-refractivity contribution in [1.29, 1.82) is 0 Å². The Morgan fingerprint density at radius 1 is 1.13 bits per heavy atom. The minimum absolute atomic E-state index is 0.166. The van der Waals surface area contributed by atoms with E-state index in [1.807, 2.05) is 13.0 Å². The molecule has 0 aliphatic carbocycles. The van der Waals surface area contributed by atoms with Crippen molar-refractivity contribution in [2.75, 3.05) is 0 Å². The molecule has 0 aliphatic rings. The first-order chi connectivity index (χ1) is 7.15. The van der Waals surface area contributed by atoms with E-state index < -0.39 is 0 Å². The van der Waals surface area contributed by atoms with Gasteiger partial charge < -0.3 is 10.8 Å². The number of phenolic OH excluding ortho intramolecular Hbond substituents is 1. The summed E-state index contributed by atoms with van der Waals surface area (Å²) in [5.74, 6) is 0.306. The number of nitrogens with two attached hydrogens (primary N) is 1. The Balaban J connectivity index is 2.45. The van der Waals surface area contributed by atoms with Gasteiger partial charge >= 0.3 is 0 Å². The number of hydrogen-bond acceptors (Lipinski definition) is 2. The highest BCUT2D eigenvalue weighted by Gasteiger charge is 2.00. The Hall–Kier alpha value is -1.54. The van der Waals surface area contributed by atoms with E-state index in [0.717, 1.165) is 17.2 Å². The molecule has 3 N–H and O–H groups in total.